The molecular weight excluding hydrogens is 242 g/mol. The van der Waals surface area contributed by atoms with Crippen LogP contribution in [-0.4, -0.2) is 10.9 Å². The Morgan fingerprint density at radius 2 is 2.06 bits per heavy atom. The van der Waals surface area contributed by atoms with Crippen molar-refractivity contribution < 1.29 is 0 Å². The van der Waals surface area contributed by atoms with Gasteiger partial charge < -0.3 is 11.1 Å². The van der Waals surface area contributed by atoms with E-state index in [2.05, 4.69) is 40.0 Å². The lowest BCUT2D eigenvalue weighted by Crippen LogP contribution is -2.00. The first-order valence-corrected chi connectivity index (χ1v) is 7.12. The molecule has 1 aliphatic carbocycles. The van der Waals surface area contributed by atoms with Crippen LogP contribution in [0.4, 0.5) is 5.00 Å². The molecule has 0 radical (unpaired) electrons. The molecule has 3 N–H and O–H groups in total. The quantitative estimate of drug-likeness (QED) is 0.867. The molecule has 1 fully saturated rings. The zero-order valence-corrected chi connectivity index (χ0v) is 11.0. The second-order valence-electron chi connectivity index (χ2n) is 4.80. The van der Waals surface area contributed by atoms with E-state index >= 15 is 0 Å². The van der Waals surface area contributed by atoms with Crippen molar-refractivity contribution in [1.82, 2.24) is 4.37 Å². The lowest BCUT2D eigenvalue weighted by atomic mass is 10.1. The molecule has 0 unspecified atom stereocenters. The van der Waals surface area contributed by atoms with Crippen molar-refractivity contribution in [3.63, 3.8) is 0 Å². The number of hydrogen-bond donors (Lipinski definition) is 2. The Bertz CT molecular complexity index is 514. The minimum Gasteiger partial charge on any atom is -0.375 e. The van der Waals surface area contributed by atoms with Gasteiger partial charge in [0.2, 0.25) is 0 Å². The molecule has 0 bridgehead atoms. The highest BCUT2D eigenvalue weighted by Crippen LogP contribution is 2.31. The van der Waals surface area contributed by atoms with Crippen molar-refractivity contribution in [3.8, 4) is 11.3 Å². The highest BCUT2D eigenvalue weighted by atomic mass is 32.1. The molecule has 0 spiro atoms. The van der Waals surface area contributed by atoms with E-state index in [4.69, 9.17) is 5.73 Å². The van der Waals surface area contributed by atoms with E-state index in [0.717, 1.165) is 29.3 Å². The summed E-state index contributed by atoms with van der Waals surface area (Å²) >= 11 is 1.54. The summed E-state index contributed by atoms with van der Waals surface area (Å²) in [5.74, 6) is 0.888. The van der Waals surface area contributed by atoms with E-state index in [9.17, 15) is 0 Å². The van der Waals surface area contributed by atoms with Crippen LogP contribution in [0.1, 0.15) is 18.4 Å². The van der Waals surface area contributed by atoms with Crippen LogP contribution in [0.25, 0.3) is 11.3 Å². The summed E-state index contributed by atoms with van der Waals surface area (Å²) in [5.41, 5.74) is 8.95. The van der Waals surface area contributed by atoms with Gasteiger partial charge in [-0.3, -0.25) is 0 Å². The Balaban J connectivity index is 1.70. The number of nitrogens with one attached hydrogen (secondary N) is 1. The first-order valence-electron chi connectivity index (χ1n) is 6.35. The van der Waals surface area contributed by atoms with E-state index in [-0.39, 0.29) is 0 Å². The summed E-state index contributed by atoms with van der Waals surface area (Å²) in [6.07, 6.45) is 2.75. The summed E-state index contributed by atoms with van der Waals surface area (Å²) < 4.78 is 4.49. The second kappa shape index (κ2) is 5.08. The van der Waals surface area contributed by atoms with Crippen LogP contribution in [0.5, 0.6) is 0 Å². The van der Waals surface area contributed by atoms with Crippen LogP contribution in [-0.2, 0) is 6.54 Å². The number of aromatic nitrogens is 1. The van der Waals surface area contributed by atoms with Crippen molar-refractivity contribution in [2.45, 2.75) is 19.4 Å². The summed E-state index contributed by atoms with van der Waals surface area (Å²) in [6, 6.07) is 10.4. The molecule has 0 amide bonds. The van der Waals surface area contributed by atoms with E-state index in [1.807, 2.05) is 0 Å². The standard InChI is InChI=1S/C14H17N3S/c15-8-10-3-5-12(6-4-10)13-7-14(18-17-13)16-9-11-1-2-11/h3-7,11,16H,1-2,8-9,15H2. The fraction of sp³-hybridized carbons (Fsp3) is 0.357. The minimum absolute atomic E-state index is 0.589. The highest BCUT2D eigenvalue weighted by Gasteiger charge is 2.20. The SMILES string of the molecule is NCc1ccc(-c2cc(NCC3CC3)sn2)cc1. The van der Waals surface area contributed by atoms with Gasteiger partial charge in [-0.25, -0.2) is 0 Å². The number of hydrogen-bond acceptors (Lipinski definition) is 4. The summed E-state index contributed by atoms with van der Waals surface area (Å²) in [5, 5.41) is 4.62. The summed E-state index contributed by atoms with van der Waals surface area (Å²) in [6.45, 7) is 1.68. The lowest BCUT2D eigenvalue weighted by Gasteiger charge is -2.00. The minimum atomic E-state index is 0.589. The maximum absolute atomic E-state index is 5.59. The highest BCUT2D eigenvalue weighted by molar-refractivity contribution is 7.10. The van der Waals surface area contributed by atoms with Gasteiger partial charge in [-0.15, -0.1) is 0 Å². The Morgan fingerprint density at radius 3 is 2.72 bits per heavy atom. The van der Waals surface area contributed by atoms with E-state index in [0.29, 0.717) is 6.54 Å². The zero-order chi connectivity index (χ0) is 12.4. The van der Waals surface area contributed by atoms with Crippen LogP contribution in [0.15, 0.2) is 30.3 Å². The van der Waals surface area contributed by atoms with Crippen molar-refractivity contribution in [2.24, 2.45) is 11.7 Å². The van der Waals surface area contributed by atoms with Crippen molar-refractivity contribution in [1.29, 1.82) is 0 Å². The van der Waals surface area contributed by atoms with Gasteiger partial charge in [-0.1, -0.05) is 24.3 Å². The van der Waals surface area contributed by atoms with Gasteiger partial charge in [-0.05, 0) is 35.9 Å². The van der Waals surface area contributed by atoms with Crippen LogP contribution >= 0.6 is 11.5 Å². The van der Waals surface area contributed by atoms with E-state index in [1.54, 1.807) is 0 Å². The molecule has 0 atom stereocenters. The van der Waals surface area contributed by atoms with Gasteiger partial charge in [-0.2, -0.15) is 4.37 Å². The molecule has 2 aromatic rings. The van der Waals surface area contributed by atoms with Gasteiger partial charge >= 0.3 is 0 Å². The predicted octanol–water partition coefficient (Wildman–Crippen LogP) is 3.09. The van der Waals surface area contributed by atoms with Gasteiger partial charge in [0.25, 0.3) is 0 Å². The van der Waals surface area contributed by atoms with Crippen LogP contribution in [0, 0.1) is 5.92 Å². The molecule has 0 saturated heterocycles. The van der Waals surface area contributed by atoms with Crippen LogP contribution < -0.4 is 11.1 Å². The number of anilines is 1. The normalized spacial score (nSPS) is 14.7. The lowest BCUT2D eigenvalue weighted by molar-refractivity contribution is 0.892. The molecule has 1 saturated carbocycles. The molecule has 0 aliphatic heterocycles. The van der Waals surface area contributed by atoms with Crippen molar-refractivity contribution in [3.05, 3.63) is 35.9 Å². The molecule has 3 rings (SSSR count). The zero-order valence-electron chi connectivity index (χ0n) is 10.2. The molecule has 1 heterocycles. The van der Waals surface area contributed by atoms with Gasteiger partial charge in [0.1, 0.15) is 5.00 Å². The fourth-order valence-electron chi connectivity index (χ4n) is 1.87. The Morgan fingerprint density at radius 1 is 1.28 bits per heavy atom. The van der Waals surface area contributed by atoms with E-state index in [1.165, 1.54) is 29.4 Å². The number of nitrogens with two attached hydrogens (primary N) is 1. The molecule has 3 nitrogen and oxygen atoms in total. The molecule has 4 heteroatoms. The maximum Gasteiger partial charge on any atom is 0.110 e. The topological polar surface area (TPSA) is 50.9 Å². The van der Waals surface area contributed by atoms with Crippen molar-refractivity contribution >= 4 is 16.5 Å². The average molecular weight is 259 g/mol. The third kappa shape index (κ3) is 2.71. The first kappa shape index (κ1) is 11.7. The molecular formula is C14H17N3S. The maximum atomic E-state index is 5.59. The summed E-state index contributed by atoms with van der Waals surface area (Å²) in [4.78, 5) is 0. The van der Waals surface area contributed by atoms with E-state index < -0.39 is 0 Å². The third-order valence-corrected chi connectivity index (χ3v) is 4.00. The smallest absolute Gasteiger partial charge is 0.110 e. The van der Waals surface area contributed by atoms with Gasteiger partial charge in [0, 0.05) is 24.7 Å². The van der Waals surface area contributed by atoms with Gasteiger partial charge in [0.15, 0.2) is 0 Å². The van der Waals surface area contributed by atoms with Crippen LogP contribution in [0.3, 0.4) is 0 Å². The predicted molar refractivity (Wildman–Crippen MR) is 76.7 cm³/mol. The molecule has 1 aromatic carbocycles. The average Bonchev–Trinajstić information content (AvgIpc) is 3.14. The number of rotatable bonds is 5. The van der Waals surface area contributed by atoms with Crippen molar-refractivity contribution in [2.75, 3.05) is 11.9 Å². The summed E-state index contributed by atoms with van der Waals surface area (Å²) in [7, 11) is 0. The fourth-order valence-corrected chi connectivity index (χ4v) is 2.54. The molecule has 1 aromatic heterocycles. The molecule has 1 aliphatic rings. The second-order valence-corrected chi connectivity index (χ2v) is 5.61. The molecule has 94 valence electrons. The third-order valence-electron chi connectivity index (χ3n) is 3.26. The Kier molecular flexibility index (Phi) is 3.30. The van der Waals surface area contributed by atoms with Gasteiger partial charge in [0.05, 0.1) is 5.69 Å². The Labute approximate surface area is 111 Å². The monoisotopic (exact) mass is 259 g/mol. The number of nitrogens with zero attached hydrogens (tertiary/aromatic N) is 1. The first-order chi connectivity index (χ1) is 8.85. The Hall–Kier alpha value is -1.39. The van der Waals surface area contributed by atoms with Crippen LogP contribution in [0.2, 0.25) is 0 Å². The molecule has 18 heavy (non-hydrogen) atoms. The largest absolute Gasteiger partial charge is 0.375 e. The number of benzene rings is 1.